The van der Waals surface area contributed by atoms with E-state index in [0.717, 1.165) is 27.8 Å². The van der Waals surface area contributed by atoms with Crippen molar-refractivity contribution in [1.82, 2.24) is 4.90 Å². The summed E-state index contributed by atoms with van der Waals surface area (Å²) in [7, 11) is 0. The molecule has 1 saturated heterocycles. The summed E-state index contributed by atoms with van der Waals surface area (Å²) in [5, 5.41) is 20.4. The Morgan fingerprint density at radius 1 is 0.857 bits per heavy atom. The van der Waals surface area contributed by atoms with Crippen molar-refractivity contribution in [3.8, 4) is 11.1 Å². The van der Waals surface area contributed by atoms with Crippen LogP contribution in [-0.2, 0) is 5.54 Å². The van der Waals surface area contributed by atoms with Crippen LogP contribution in [0.25, 0.3) is 11.1 Å². The Hall–Kier alpha value is -2.53. The molecule has 28 heavy (non-hydrogen) atoms. The predicted octanol–water partition coefficient (Wildman–Crippen LogP) is 3.33. The van der Waals surface area contributed by atoms with Crippen molar-refractivity contribution in [2.75, 3.05) is 13.2 Å². The van der Waals surface area contributed by atoms with Gasteiger partial charge < -0.3 is 10.2 Å². The summed E-state index contributed by atoms with van der Waals surface area (Å²) in [5.74, 6) is 0. The molecule has 1 fully saturated rings. The monoisotopic (exact) mass is 375 g/mol. The number of aliphatic hydroxyl groups is 2. The highest BCUT2D eigenvalue weighted by Gasteiger charge is 2.56. The number of likely N-dealkylation sites (tertiary alicyclic amines) is 1. The van der Waals surface area contributed by atoms with Gasteiger partial charge in [0.05, 0.1) is 24.3 Å². The van der Waals surface area contributed by atoms with E-state index in [1.807, 2.05) is 59.5 Å². The maximum absolute atomic E-state index is 14.9. The summed E-state index contributed by atoms with van der Waals surface area (Å²) in [6.07, 6.45) is -2.62. The molecule has 5 rings (SSSR count). The first-order valence-corrected chi connectivity index (χ1v) is 9.64. The molecule has 3 aromatic carbocycles. The second-order valence-corrected chi connectivity index (χ2v) is 7.58. The summed E-state index contributed by atoms with van der Waals surface area (Å²) in [5.41, 5.74) is 4.58. The molecule has 2 aliphatic rings. The van der Waals surface area contributed by atoms with Gasteiger partial charge in [0, 0.05) is 6.54 Å². The van der Waals surface area contributed by atoms with Crippen LogP contribution >= 0.6 is 0 Å². The molecule has 3 atom stereocenters. The van der Waals surface area contributed by atoms with E-state index in [-0.39, 0.29) is 13.2 Å². The van der Waals surface area contributed by atoms with Crippen LogP contribution in [0.1, 0.15) is 16.7 Å². The molecule has 0 unspecified atom stereocenters. The zero-order valence-corrected chi connectivity index (χ0v) is 15.4. The molecule has 1 aliphatic heterocycles. The molecule has 1 heterocycles. The number of alkyl halides is 1. The first-order valence-electron chi connectivity index (χ1n) is 9.64. The van der Waals surface area contributed by atoms with Crippen LogP contribution < -0.4 is 0 Å². The van der Waals surface area contributed by atoms with Crippen molar-refractivity contribution in [3.05, 3.63) is 95.6 Å². The Morgan fingerprint density at radius 2 is 1.39 bits per heavy atom. The van der Waals surface area contributed by atoms with Crippen LogP contribution in [0.15, 0.2) is 78.9 Å². The van der Waals surface area contributed by atoms with Crippen molar-refractivity contribution < 1.29 is 14.6 Å². The molecular formula is C24H22FNO2. The zero-order chi connectivity index (χ0) is 19.3. The van der Waals surface area contributed by atoms with Gasteiger partial charge in [0.1, 0.15) is 6.17 Å². The lowest BCUT2D eigenvalue weighted by atomic mass is 9.78. The molecule has 1 aliphatic carbocycles. The fraction of sp³-hybridized carbons (Fsp3) is 0.250. The van der Waals surface area contributed by atoms with E-state index in [4.69, 9.17) is 0 Å². The summed E-state index contributed by atoms with van der Waals surface area (Å²) in [6.45, 7) is -0.193. The SMILES string of the molecule is OC[C@H]1[C@@H](F)[C@H](O)CN1C1(c2ccccc2)c2ccccc2-c2ccccc21. The average molecular weight is 375 g/mol. The number of β-amino-alcohol motifs (C(OH)–C–C–N with tert-alkyl or cyclic N) is 1. The molecule has 142 valence electrons. The number of halogens is 1. The van der Waals surface area contributed by atoms with E-state index < -0.39 is 23.9 Å². The maximum atomic E-state index is 14.9. The van der Waals surface area contributed by atoms with Gasteiger partial charge in [0.25, 0.3) is 0 Å². The molecule has 2 N–H and O–H groups in total. The highest BCUT2D eigenvalue weighted by molar-refractivity contribution is 5.83. The van der Waals surface area contributed by atoms with Gasteiger partial charge in [0.2, 0.25) is 0 Å². The molecule has 4 heteroatoms. The van der Waals surface area contributed by atoms with E-state index >= 15 is 0 Å². The summed E-state index contributed by atoms with van der Waals surface area (Å²) >= 11 is 0. The number of fused-ring (bicyclic) bond motifs is 3. The predicted molar refractivity (Wildman–Crippen MR) is 107 cm³/mol. The van der Waals surface area contributed by atoms with Crippen LogP contribution in [0.2, 0.25) is 0 Å². The fourth-order valence-electron chi connectivity index (χ4n) is 5.13. The molecule has 0 amide bonds. The first kappa shape index (κ1) is 17.6. The van der Waals surface area contributed by atoms with E-state index in [9.17, 15) is 14.6 Å². The smallest absolute Gasteiger partial charge is 0.145 e. The van der Waals surface area contributed by atoms with Gasteiger partial charge in [-0.1, -0.05) is 78.9 Å². The van der Waals surface area contributed by atoms with Gasteiger partial charge in [-0.3, -0.25) is 4.90 Å². The number of benzene rings is 3. The lowest BCUT2D eigenvalue weighted by molar-refractivity contribution is 0.0621. The van der Waals surface area contributed by atoms with Crippen molar-refractivity contribution in [2.24, 2.45) is 0 Å². The van der Waals surface area contributed by atoms with Crippen molar-refractivity contribution in [1.29, 1.82) is 0 Å². The summed E-state index contributed by atoms with van der Waals surface area (Å²) < 4.78 is 14.9. The minimum Gasteiger partial charge on any atom is -0.395 e. The second-order valence-electron chi connectivity index (χ2n) is 7.58. The minimum atomic E-state index is -1.49. The molecule has 3 aromatic rings. The largest absolute Gasteiger partial charge is 0.395 e. The third-order valence-electron chi connectivity index (χ3n) is 6.25. The lowest BCUT2D eigenvalue weighted by Crippen LogP contribution is -2.52. The molecule has 0 radical (unpaired) electrons. The number of aliphatic hydroxyl groups excluding tert-OH is 2. The van der Waals surface area contributed by atoms with Crippen molar-refractivity contribution in [2.45, 2.75) is 23.9 Å². The Morgan fingerprint density at radius 3 is 1.96 bits per heavy atom. The first-order chi connectivity index (χ1) is 13.7. The van der Waals surface area contributed by atoms with Gasteiger partial charge in [0.15, 0.2) is 0 Å². The maximum Gasteiger partial charge on any atom is 0.145 e. The molecule has 0 saturated carbocycles. The van der Waals surface area contributed by atoms with Crippen LogP contribution in [0, 0.1) is 0 Å². The van der Waals surface area contributed by atoms with E-state index in [0.29, 0.717) is 0 Å². The molecule has 0 spiro atoms. The van der Waals surface area contributed by atoms with Gasteiger partial charge in [-0.05, 0) is 27.8 Å². The number of rotatable bonds is 3. The van der Waals surface area contributed by atoms with E-state index in [1.165, 1.54) is 0 Å². The average Bonchev–Trinajstić information content (AvgIpc) is 3.21. The van der Waals surface area contributed by atoms with Gasteiger partial charge >= 0.3 is 0 Å². The van der Waals surface area contributed by atoms with Crippen LogP contribution in [-0.4, -0.2) is 46.6 Å². The summed E-state index contributed by atoms with van der Waals surface area (Å²) in [6, 6.07) is 25.6. The highest BCUT2D eigenvalue weighted by atomic mass is 19.1. The van der Waals surface area contributed by atoms with Crippen LogP contribution in [0.5, 0.6) is 0 Å². The molecular weight excluding hydrogens is 353 g/mol. The normalized spacial score (nSPS) is 25.5. The fourth-order valence-corrected chi connectivity index (χ4v) is 5.13. The van der Waals surface area contributed by atoms with Crippen molar-refractivity contribution >= 4 is 0 Å². The van der Waals surface area contributed by atoms with E-state index in [1.54, 1.807) is 0 Å². The Balaban J connectivity index is 1.87. The van der Waals surface area contributed by atoms with Gasteiger partial charge in [-0.15, -0.1) is 0 Å². The van der Waals surface area contributed by atoms with Gasteiger partial charge in [-0.25, -0.2) is 4.39 Å². The Labute approximate surface area is 163 Å². The standard InChI is InChI=1S/C24H22FNO2/c25-23-21(15-27)26(14-22(23)28)24(16-8-2-1-3-9-16)19-12-6-4-10-17(19)18-11-5-7-13-20(18)24/h1-13,21-23,27-28H,14-15H2/t21-,22+,23+/m0/s1. The summed E-state index contributed by atoms with van der Waals surface area (Å²) in [4.78, 5) is 1.96. The van der Waals surface area contributed by atoms with Crippen molar-refractivity contribution in [3.63, 3.8) is 0 Å². The topological polar surface area (TPSA) is 43.7 Å². The zero-order valence-electron chi connectivity index (χ0n) is 15.4. The number of hydrogen-bond acceptors (Lipinski definition) is 3. The minimum absolute atomic E-state index is 0.157. The van der Waals surface area contributed by atoms with E-state index in [2.05, 4.69) is 24.3 Å². The quantitative estimate of drug-likeness (QED) is 0.738. The molecule has 0 aromatic heterocycles. The third-order valence-corrected chi connectivity index (χ3v) is 6.25. The molecule has 0 bridgehead atoms. The second kappa shape index (κ2) is 6.52. The van der Waals surface area contributed by atoms with Crippen LogP contribution in [0.3, 0.4) is 0 Å². The van der Waals surface area contributed by atoms with Gasteiger partial charge in [-0.2, -0.15) is 0 Å². The van der Waals surface area contributed by atoms with Crippen LogP contribution in [0.4, 0.5) is 4.39 Å². The number of nitrogens with zero attached hydrogens (tertiary/aromatic N) is 1. The highest BCUT2D eigenvalue weighted by Crippen LogP contribution is 2.56. The third kappa shape index (κ3) is 2.20. The Kier molecular flexibility index (Phi) is 4.09. The number of hydrogen-bond donors (Lipinski definition) is 2. The Bertz CT molecular complexity index is 961. The molecule has 3 nitrogen and oxygen atoms in total. The lowest BCUT2D eigenvalue weighted by Gasteiger charge is -2.44.